The molecular weight excluding hydrogens is 496 g/mol. The highest BCUT2D eigenvalue weighted by atomic mass is 79.9. The van der Waals surface area contributed by atoms with Crippen molar-refractivity contribution in [1.82, 2.24) is 0 Å². The Hall–Kier alpha value is -1.38. The fraction of sp³-hybridized carbons (Fsp3) is 0.357. The van der Waals surface area contributed by atoms with Crippen molar-refractivity contribution in [3.63, 3.8) is 0 Å². The van der Waals surface area contributed by atoms with Gasteiger partial charge in [-0.2, -0.15) is 0 Å². The fourth-order valence-electron chi connectivity index (χ4n) is 7.95. The normalized spacial score (nSPS) is 34.5. The van der Waals surface area contributed by atoms with Crippen LogP contribution in [-0.4, -0.2) is 0 Å². The maximum absolute atomic E-state index is 3.71. The van der Waals surface area contributed by atoms with Crippen molar-refractivity contribution in [3.8, 4) is 0 Å². The Morgan fingerprint density at radius 3 is 1.30 bits per heavy atom. The van der Waals surface area contributed by atoms with Crippen LogP contribution in [0, 0.1) is 5.41 Å². The summed E-state index contributed by atoms with van der Waals surface area (Å²) in [6, 6.07) is 23.7. The van der Waals surface area contributed by atoms with Gasteiger partial charge in [-0.05, 0) is 44.5 Å². The van der Waals surface area contributed by atoms with Crippen LogP contribution in [0.25, 0.3) is 0 Å². The molecule has 3 aliphatic rings. The Kier molecular flexibility index (Phi) is 3.67. The van der Waals surface area contributed by atoms with Crippen molar-refractivity contribution in [2.75, 3.05) is 0 Å². The molecule has 0 unspecified atom stereocenters. The van der Waals surface area contributed by atoms with Crippen LogP contribution in [0.5, 0.6) is 0 Å². The summed E-state index contributed by atoms with van der Waals surface area (Å²) in [6.07, 6.45) is 0. The number of rotatable bonds is 2. The minimum absolute atomic E-state index is 0.0250. The molecule has 0 saturated carbocycles. The van der Waals surface area contributed by atoms with Crippen LogP contribution in [0.2, 0.25) is 0 Å². The summed E-state index contributed by atoms with van der Waals surface area (Å²) in [6.45, 7) is 10.1. The second kappa shape index (κ2) is 5.70. The van der Waals surface area contributed by atoms with Crippen molar-refractivity contribution in [2.45, 2.75) is 54.6 Å². The van der Waals surface area contributed by atoms with Crippen LogP contribution in [-0.2, 0) is 26.9 Å². The molecule has 0 saturated heterocycles. The van der Waals surface area contributed by atoms with E-state index in [9.17, 15) is 0 Å². The standard InChI is InChI=1S/C28H26Br2/c1-25-19-7-5-6-8-20(19)26(2)24-14-18(16-30)10-12-22(24)27(3,28(25,26)4)23-13-17(15-29)9-11-21(23)25/h5-14H,15-16H2,1-4H3/t25-,26+,27+,28+/m0/s1. The van der Waals surface area contributed by atoms with Gasteiger partial charge >= 0.3 is 0 Å². The van der Waals surface area contributed by atoms with E-state index in [1.54, 1.807) is 0 Å². The highest BCUT2D eigenvalue weighted by Crippen LogP contribution is 2.82. The molecule has 0 fully saturated rings. The maximum atomic E-state index is 3.71. The van der Waals surface area contributed by atoms with Crippen molar-refractivity contribution in [1.29, 1.82) is 0 Å². The summed E-state index contributed by atoms with van der Waals surface area (Å²) in [5, 5.41) is 1.79. The molecule has 0 nitrogen and oxygen atoms in total. The van der Waals surface area contributed by atoms with Gasteiger partial charge in [0.25, 0.3) is 0 Å². The summed E-state index contributed by atoms with van der Waals surface area (Å²) in [4.78, 5) is 0. The third kappa shape index (κ3) is 1.66. The number of fused-ring (bicyclic) bond motifs is 9. The molecule has 0 amide bonds. The molecule has 0 aromatic heterocycles. The van der Waals surface area contributed by atoms with Gasteiger partial charge in [0.2, 0.25) is 0 Å². The summed E-state index contributed by atoms with van der Waals surface area (Å²) in [5.41, 5.74) is 11.8. The molecular formula is C28H26Br2. The van der Waals surface area contributed by atoms with E-state index in [4.69, 9.17) is 0 Å². The first-order valence-electron chi connectivity index (χ1n) is 10.8. The highest BCUT2D eigenvalue weighted by Gasteiger charge is 2.79. The molecule has 3 aromatic rings. The Morgan fingerprint density at radius 1 is 0.533 bits per heavy atom. The molecule has 0 spiro atoms. The van der Waals surface area contributed by atoms with Gasteiger partial charge in [-0.3, -0.25) is 0 Å². The van der Waals surface area contributed by atoms with Gasteiger partial charge < -0.3 is 0 Å². The topological polar surface area (TPSA) is 0 Å². The predicted octanol–water partition coefficient (Wildman–Crippen LogP) is 7.74. The number of benzene rings is 3. The van der Waals surface area contributed by atoms with Gasteiger partial charge in [0.1, 0.15) is 0 Å². The van der Waals surface area contributed by atoms with Gasteiger partial charge in [-0.25, -0.2) is 0 Å². The smallest absolute Gasteiger partial charge is 0.0283 e. The molecule has 4 atom stereocenters. The fourth-order valence-corrected chi connectivity index (χ4v) is 8.65. The lowest BCUT2D eigenvalue weighted by atomic mass is 9.52. The lowest BCUT2D eigenvalue weighted by Crippen LogP contribution is -2.51. The van der Waals surface area contributed by atoms with Crippen molar-refractivity contribution in [2.24, 2.45) is 5.41 Å². The molecule has 30 heavy (non-hydrogen) atoms. The summed E-state index contributed by atoms with van der Waals surface area (Å²) in [5.74, 6) is 0. The minimum Gasteiger partial charge on any atom is -0.0876 e. The average Bonchev–Trinajstić information content (AvgIpc) is 3.14. The Bertz CT molecular complexity index is 1230. The summed E-state index contributed by atoms with van der Waals surface area (Å²) >= 11 is 7.41. The monoisotopic (exact) mass is 520 g/mol. The molecule has 2 heteroatoms. The zero-order chi connectivity index (χ0) is 21.1. The molecule has 3 aromatic carbocycles. The maximum Gasteiger partial charge on any atom is 0.0283 e. The van der Waals surface area contributed by atoms with E-state index in [0.717, 1.165) is 10.7 Å². The lowest BCUT2D eigenvalue weighted by molar-refractivity contribution is 0.0997. The Morgan fingerprint density at radius 2 is 0.900 bits per heavy atom. The van der Waals surface area contributed by atoms with Crippen molar-refractivity contribution < 1.29 is 0 Å². The molecule has 0 bridgehead atoms. The summed E-state index contributed by atoms with van der Waals surface area (Å²) < 4.78 is 0. The van der Waals surface area contributed by atoms with Crippen LogP contribution in [0.1, 0.15) is 72.2 Å². The van der Waals surface area contributed by atoms with E-state index in [0.29, 0.717) is 0 Å². The lowest BCUT2D eigenvalue weighted by Gasteiger charge is -2.49. The van der Waals surface area contributed by atoms with Gasteiger partial charge in [0, 0.05) is 32.3 Å². The van der Waals surface area contributed by atoms with E-state index in [2.05, 4.69) is 120 Å². The summed E-state index contributed by atoms with van der Waals surface area (Å²) in [7, 11) is 0. The van der Waals surface area contributed by atoms with E-state index in [1.807, 2.05) is 0 Å². The van der Waals surface area contributed by atoms with Crippen LogP contribution in [0.15, 0.2) is 60.7 Å². The van der Waals surface area contributed by atoms with E-state index in [1.165, 1.54) is 44.5 Å². The average molecular weight is 522 g/mol. The zero-order valence-corrected chi connectivity index (χ0v) is 21.1. The molecule has 0 radical (unpaired) electrons. The third-order valence-electron chi connectivity index (χ3n) is 9.64. The second-order valence-electron chi connectivity index (χ2n) is 10.1. The molecule has 3 aliphatic carbocycles. The van der Waals surface area contributed by atoms with Gasteiger partial charge in [-0.1, -0.05) is 120 Å². The van der Waals surface area contributed by atoms with Gasteiger partial charge in [0.15, 0.2) is 0 Å². The van der Waals surface area contributed by atoms with Gasteiger partial charge in [-0.15, -0.1) is 0 Å². The number of halogens is 2. The Balaban J connectivity index is 1.86. The van der Waals surface area contributed by atoms with E-state index in [-0.39, 0.29) is 21.7 Å². The SMILES string of the molecule is C[C@]12c3ccccc3[C@]3(C)c4cc(CBr)ccc4[C@](C)(c4cc(CBr)ccc41)[C@]23C. The second-order valence-corrected chi connectivity index (χ2v) is 11.2. The quantitative estimate of drug-likeness (QED) is 0.302. The molecule has 0 heterocycles. The first kappa shape index (κ1) is 19.3. The molecule has 6 rings (SSSR count). The molecule has 0 N–H and O–H groups in total. The van der Waals surface area contributed by atoms with Crippen LogP contribution < -0.4 is 0 Å². The largest absolute Gasteiger partial charge is 0.0876 e. The number of hydrogen-bond acceptors (Lipinski definition) is 0. The zero-order valence-electron chi connectivity index (χ0n) is 17.9. The van der Waals surface area contributed by atoms with Crippen LogP contribution in [0.4, 0.5) is 0 Å². The highest BCUT2D eigenvalue weighted by molar-refractivity contribution is 9.08. The third-order valence-corrected chi connectivity index (χ3v) is 10.9. The first-order chi connectivity index (χ1) is 14.3. The Labute approximate surface area is 196 Å². The van der Waals surface area contributed by atoms with E-state index < -0.39 is 0 Å². The number of alkyl halides is 2. The van der Waals surface area contributed by atoms with Crippen LogP contribution >= 0.6 is 31.9 Å². The molecule has 152 valence electrons. The minimum atomic E-state index is -0.0385. The van der Waals surface area contributed by atoms with E-state index >= 15 is 0 Å². The van der Waals surface area contributed by atoms with Crippen molar-refractivity contribution in [3.05, 3.63) is 105 Å². The van der Waals surface area contributed by atoms with Gasteiger partial charge in [0.05, 0.1) is 0 Å². The molecule has 0 aliphatic heterocycles. The number of hydrogen-bond donors (Lipinski definition) is 0. The van der Waals surface area contributed by atoms with Crippen LogP contribution in [0.3, 0.4) is 0 Å². The predicted molar refractivity (Wildman–Crippen MR) is 132 cm³/mol. The van der Waals surface area contributed by atoms with Crippen molar-refractivity contribution >= 4 is 31.9 Å². The first-order valence-corrected chi connectivity index (χ1v) is 13.0.